The van der Waals surface area contributed by atoms with Crippen LogP contribution in [0.25, 0.3) is 11.3 Å². The van der Waals surface area contributed by atoms with Crippen LogP contribution in [0.15, 0.2) is 40.9 Å². The first-order valence-corrected chi connectivity index (χ1v) is 8.34. The topological polar surface area (TPSA) is 117 Å². The van der Waals surface area contributed by atoms with Gasteiger partial charge in [0.05, 0.1) is 28.8 Å². The van der Waals surface area contributed by atoms with Crippen molar-refractivity contribution in [2.24, 2.45) is 0 Å². The second-order valence-corrected chi connectivity index (χ2v) is 6.22. The molecule has 0 saturated heterocycles. The van der Waals surface area contributed by atoms with Crippen LogP contribution in [-0.2, 0) is 6.61 Å². The van der Waals surface area contributed by atoms with E-state index in [4.69, 9.17) is 14.0 Å². The van der Waals surface area contributed by atoms with Crippen molar-refractivity contribution in [1.29, 1.82) is 0 Å². The van der Waals surface area contributed by atoms with E-state index in [9.17, 15) is 14.9 Å². The Morgan fingerprint density at radius 3 is 2.86 bits per heavy atom. The molecule has 3 aromatic rings. The van der Waals surface area contributed by atoms with Crippen LogP contribution in [-0.4, -0.2) is 23.1 Å². The predicted molar refractivity (Wildman–Crippen MR) is 98.6 cm³/mol. The van der Waals surface area contributed by atoms with Gasteiger partial charge in [-0.1, -0.05) is 16.8 Å². The van der Waals surface area contributed by atoms with Crippen LogP contribution in [0.2, 0.25) is 0 Å². The van der Waals surface area contributed by atoms with Crippen molar-refractivity contribution < 1.29 is 23.7 Å². The lowest BCUT2D eigenvalue weighted by Crippen LogP contribution is -2.17. The lowest BCUT2D eigenvalue weighted by Gasteiger charge is -2.16. The molecule has 2 aromatic carbocycles. The number of nitrogens with zero attached hydrogens (tertiary/aromatic N) is 2. The first kappa shape index (κ1) is 17.5. The molecule has 1 aliphatic rings. The molecule has 0 spiro atoms. The molecular formula is C19H15N3O6. The van der Waals surface area contributed by atoms with Crippen LogP contribution in [0.5, 0.6) is 11.5 Å². The van der Waals surface area contributed by atoms with Crippen molar-refractivity contribution in [2.45, 2.75) is 13.5 Å². The zero-order chi connectivity index (χ0) is 19.8. The molecule has 1 aromatic heterocycles. The standard InChI is InChI=1S/C19H15N3O6/c1-10-3-5-15-12(7-10)18-13(9-27-15)17(21-28-18)19(23)20-14-8-11(22(24)25)4-6-16(14)26-2/h3-8H,9H2,1-2H3,(H,20,23). The minimum absolute atomic E-state index is 0.0516. The maximum atomic E-state index is 12.8. The zero-order valence-electron chi connectivity index (χ0n) is 15.0. The number of ether oxygens (including phenoxy) is 2. The molecule has 4 rings (SSSR count). The van der Waals surface area contributed by atoms with Gasteiger partial charge >= 0.3 is 0 Å². The van der Waals surface area contributed by atoms with Crippen LogP contribution < -0.4 is 14.8 Å². The molecular weight excluding hydrogens is 366 g/mol. The van der Waals surface area contributed by atoms with Crippen molar-refractivity contribution in [2.75, 3.05) is 12.4 Å². The van der Waals surface area contributed by atoms with Crippen LogP contribution in [0, 0.1) is 17.0 Å². The maximum absolute atomic E-state index is 12.8. The van der Waals surface area contributed by atoms with Crippen LogP contribution in [0.3, 0.4) is 0 Å². The van der Waals surface area contributed by atoms with Gasteiger partial charge in [0.1, 0.15) is 18.1 Å². The summed E-state index contributed by atoms with van der Waals surface area (Å²) in [6, 6.07) is 9.57. The number of aryl methyl sites for hydroxylation is 1. The number of aromatic nitrogens is 1. The van der Waals surface area contributed by atoms with E-state index < -0.39 is 10.8 Å². The second-order valence-electron chi connectivity index (χ2n) is 6.22. The average Bonchev–Trinajstić information content (AvgIpc) is 3.12. The molecule has 0 fully saturated rings. The first-order chi connectivity index (χ1) is 13.5. The molecule has 9 heteroatoms. The molecule has 0 radical (unpaired) electrons. The fourth-order valence-corrected chi connectivity index (χ4v) is 3.02. The molecule has 1 aliphatic heterocycles. The van der Waals surface area contributed by atoms with E-state index in [1.54, 1.807) is 0 Å². The number of carbonyl (C=O) groups excluding carboxylic acids is 1. The summed E-state index contributed by atoms with van der Waals surface area (Å²) < 4.78 is 16.3. The highest BCUT2D eigenvalue weighted by Crippen LogP contribution is 2.39. The molecule has 142 valence electrons. The van der Waals surface area contributed by atoms with Crippen LogP contribution >= 0.6 is 0 Å². The van der Waals surface area contributed by atoms with E-state index in [0.29, 0.717) is 17.1 Å². The van der Waals surface area contributed by atoms with Crippen molar-refractivity contribution >= 4 is 17.3 Å². The third-order valence-corrected chi connectivity index (χ3v) is 4.40. The Hall–Kier alpha value is -3.88. The normalized spacial score (nSPS) is 11.8. The van der Waals surface area contributed by atoms with Gasteiger partial charge in [-0.3, -0.25) is 14.9 Å². The molecule has 9 nitrogen and oxygen atoms in total. The zero-order valence-corrected chi connectivity index (χ0v) is 15.0. The molecule has 0 bridgehead atoms. The Bertz CT molecular complexity index is 1110. The number of hydrogen-bond acceptors (Lipinski definition) is 7. The van der Waals surface area contributed by atoms with Gasteiger partial charge in [0.2, 0.25) is 0 Å². The summed E-state index contributed by atoms with van der Waals surface area (Å²) in [5.41, 5.74) is 2.29. The molecule has 1 amide bonds. The van der Waals surface area contributed by atoms with Gasteiger partial charge in [0, 0.05) is 12.1 Å². The summed E-state index contributed by atoms with van der Waals surface area (Å²) >= 11 is 0. The molecule has 0 aliphatic carbocycles. The summed E-state index contributed by atoms with van der Waals surface area (Å²) in [5.74, 6) is 0.833. The van der Waals surface area contributed by atoms with Gasteiger partial charge < -0.3 is 19.3 Å². The van der Waals surface area contributed by atoms with Crippen LogP contribution in [0.1, 0.15) is 21.6 Å². The third-order valence-electron chi connectivity index (χ3n) is 4.40. The number of nitrogens with one attached hydrogen (secondary N) is 1. The van der Waals surface area contributed by atoms with Crippen molar-refractivity contribution in [3.8, 4) is 22.8 Å². The molecule has 2 heterocycles. The number of nitro benzene ring substituents is 1. The molecule has 0 unspecified atom stereocenters. The SMILES string of the molecule is COc1ccc([N+](=O)[O-])cc1NC(=O)c1noc2c1COc1ccc(C)cc1-2. The number of nitro groups is 1. The number of methoxy groups -OCH3 is 1. The van der Waals surface area contributed by atoms with Gasteiger partial charge in [-0.25, -0.2) is 0 Å². The minimum Gasteiger partial charge on any atom is -0.495 e. The Kier molecular flexibility index (Phi) is 4.19. The van der Waals surface area contributed by atoms with Gasteiger partial charge in [-0.05, 0) is 25.1 Å². The van der Waals surface area contributed by atoms with E-state index >= 15 is 0 Å². The third kappa shape index (κ3) is 2.92. The van der Waals surface area contributed by atoms with Crippen LogP contribution in [0.4, 0.5) is 11.4 Å². The minimum atomic E-state index is -0.580. The van der Waals surface area contributed by atoms with Crippen molar-refractivity contribution in [3.63, 3.8) is 0 Å². The Morgan fingerprint density at radius 1 is 1.29 bits per heavy atom. The largest absolute Gasteiger partial charge is 0.495 e. The van der Waals surface area contributed by atoms with Gasteiger partial charge in [0.25, 0.3) is 11.6 Å². The average molecular weight is 381 g/mol. The summed E-state index contributed by atoms with van der Waals surface area (Å²) in [6.45, 7) is 2.07. The number of benzene rings is 2. The summed E-state index contributed by atoms with van der Waals surface area (Å²) in [7, 11) is 1.40. The number of rotatable bonds is 4. The Labute approximate surface area is 159 Å². The van der Waals surface area contributed by atoms with E-state index in [1.165, 1.54) is 25.3 Å². The Balaban J connectivity index is 1.68. The molecule has 0 atom stereocenters. The fraction of sp³-hybridized carbons (Fsp3) is 0.158. The van der Waals surface area contributed by atoms with E-state index in [0.717, 1.165) is 11.1 Å². The highest BCUT2D eigenvalue weighted by molar-refractivity contribution is 6.05. The number of amides is 1. The highest BCUT2D eigenvalue weighted by Gasteiger charge is 2.29. The number of non-ortho nitro benzene ring substituents is 1. The van der Waals surface area contributed by atoms with E-state index in [2.05, 4.69) is 10.5 Å². The van der Waals surface area contributed by atoms with Gasteiger partial charge in [0.15, 0.2) is 11.5 Å². The van der Waals surface area contributed by atoms with E-state index in [1.807, 2.05) is 25.1 Å². The highest BCUT2D eigenvalue weighted by atomic mass is 16.6. The lowest BCUT2D eigenvalue weighted by atomic mass is 10.0. The second kappa shape index (κ2) is 6.69. The number of hydrogen-bond donors (Lipinski definition) is 1. The molecule has 1 N–H and O–H groups in total. The summed E-state index contributed by atoms with van der Waals surface area (Å²) in [4.78, 5) is 23.2. The van der Waals surface area contributed by atoms with Crippen molar-refractivity contribution in [1.82, 2.24) is 5.16 Å². The van der Waals surface area contributed by atoms with Crippen molar-refractivity contribution in [3.05, 3.63) is 63.3 Å². The molecule has 28 heavy (non-hydrogen) atoms. The van der Waals surface area contributed by atoms with E-state index in [-0.39, 0.29) is 29.4 Å². The predicted octanol–water partition coefficient (Wildman–Crippen LogP) is 3.71. The number of anilines is 1. The Morgan fingerprint density at radius 2 is 2.11 bits per heavy atom. The summed E-state index contributed by atoms with van der Waals surface area (Å²) in [6.07, 6.45) is 0. The fourth-order valence-electron chi connectivity index (χ4n) is 3.02. The van der Waals surface area contributed by atoms with Gasteiger partial charge in [-0.15, -0.1) is 0 Å². The first-order valence-electron chi connectivity index (χ1n) is 8.34. The smallest absolute Gasteiger partial charge is 0.278 e. The van der Waals surface area contributed by atoms with Gasteiger partial charge in [-0.2, -0.15) is 0 Å². The molecule has 0 saturated carbocycles. The lowest BCUT2D eigenvalue weighted by molar-refractivity contribution is -0.384. The quantitative estimate of drug-likeness (QED) is 0.541. The number of carbonyl (C=O) groups is 1. The summed E-state index contributed by atoms with van der Waals surface area (Å²) in [5, 5.41) is 17.5. The monoisotopic (exact) mass is 381 g/mol. The maximum Gasteiger partial charge on any atom is 0.278 e. The number of fused-ring (bicyclic) bond motifs is 3.